The van der Waals surface area contributed by atoms with Crippen LogP contribution in [0.25, 0.3) is 12.2 Å². The fraction of sp³-hybridized carbons (Fsp3) is 0. The van der Waals surface area contributed by atoms with Crippen LogP contribution in [-0.4, -0.2) is 5.71 Å². The Balaban J connectivity index is 3.01. The Morgan fingerprint density at radius 2 is 2.33 bits per heavy atom. The van der Waals surface area contributed by atoms with Crippen LogP contribution < -0.4 is 9.90 Å². The summed E-state index contributed by atoms with van der Waals surface area (Å²) in [5.41, 5.74) is 0.690. The molecule has 0 saturated carbocycles. The zero-order valence-electron chi connectivity index (χ0n) is 4.55. The largest absolute Gasteiger partial charge is 0.301 e. The van der Waals surface area contributed by atoms with E-state index in [4.69, 9.17) is 5.41 Å². The predicted molar refractivity (Wildman–Crippen MR) is 46.9 cm³/mol. The average Bonchev–Trinajstić information content (AvgIpc) is 2.22. The van der Waals surface area contributed by atoms with Crippen molar-refractivity contribution in [2.75, 3.05) is 0 Å². The molecule has 0 radical (unpaired) electrons. The van der Waals surface area contributed by atoms with Crippen LogP contribution in [0.15, 0.2) is 0 Å². The van der Waals surface area contributed by atoms with E-state index < -0.39 is 0 Å². The summed E-state index contributed by atoms with van der Waals surface area (Å²) in [6, 6.07) is 0. The lowest BCUT2D eigenvalue weighted by Crippen LogP contribution is -2.07. The van der Waals surface area contributed by atoms with Crippen molar-refractivity contribution < 1.29 is 0 Å². The van der Waals surface area contributed by atoms with Gasteiger partial charge in [0, 0.05) is 9.90 Å². The van der Waals surface area contributed by atoms with Crippen molar-refractivity contribution >= 4 is 41.1 Å². The SMILES string of the molecule is N=C1C=c2pp[pH]c2=C1. The smallest absolute Gasteiger partial charge is 0.0559 e. The Morgan fingerprint density at radius 1 is 1.44 bits per heavy atom. The van der Waals surface area contributed by atoms with E-state index in [2.05, 4.69) is 0 Å². The van der Waals surface area contributed by atoms with Gasteiger partial charge in [-0.15, -0.1) is 0 Å². The van der Waals surface area contributed by atoms with Gasteiger partial charge in [-0.05, 0) is 27.6 Å². The minimum atomic E-state index is 0.690. The summed E-state index contributed by atoms with van der Waals surface area (Å²) in [6.45, 7) is 0. The third kappa shape index (κ3) is 0.904. The normalized spacial score (nSPS) is 17.1. The molecule has 0 aromatic carbocycles. The highest BCUT2D eigenvalue weighted by molar-refractivity contribution is 8.16. The molecule has 44 valence electrons. The number of nitrogens with one attached hydrogen (secondary N) is 1. The minimum Gasteiger partial charge on any atom is -0.301 e. The fourth-order valence-electron chi connectivity index (χ4n) is 0.801. The van der Waals surface area contributed by atoms with Gasteiger partial charge in [-0.25, -0.2) is 0 Å². The van der Waals surface area contributed by atoms with Crippen LogP contribution in [0.1, 0.15) is 0 Å². The summed E-state index contributed by atoms with van der Waals surface area (Å²) in [6.07, 6.45) is 3.96. The standard InChI is InChI=1S/C5H4NP3/c6-3-1-4-5(2-3)8-9-7-4/h1-2,6-7H. The van der Waals surface area contributed by atoms with Crippen LogP contribution in [0, 0.1) is 5.41 Å². The summed E-state index contributed by atoms with van der Waals surface area (Å²) in [5.74, 6) is 0. The molecule has 1 nitrogen and oxygen atoms in total. The lowest BCUT2D eigenvalue weighted by molar-refractivity contribution is 1.57. The first-order chi connectivity index (χ1) is 4.36. The van der Waals surface area contributed by atoms with E-state index in [1.54, 1.807) is 0 Å². The van der Waals surface area contributed by atoms with Crippen LogP contribution >= 0.6 is 23.3 Å². The molecule has 0 amide bonds. The molecule has 1 heterocycles. The van der Waals surface area contributed by atoms with Gasteiger partial charge in [0.1, 0.15) is 0 Å². The Bertz CT molecular complexity index is 329. The van der Waals surface area contributed by atoms with Crippen molar-refractivity contribution in [2.45, 2.75) is 0 Å². The van der Waals surface area contributed by atoms with Crippen molar-refractivity contribution in [3.63, 3.8) is 0 Å². The van der Waals surface area contributed by atoms with Gasteiger partial charge in [0.05, 0.1) is 5.71 Å². The van der Waals surface area contributed by atoms with Crippen LogP contribution in [-0.2, 0) is 0 Å². The highest BCUT2D eigenvalue weighted by Crippen LogP contribution is 2.22. The maximum atomic E-state index is 7.29. The first-order valence-electron chi connectivity index (χ1n) is 2.55. The molecule has 9 heavy (non-hydrogen) atoms. The van der Waals surface area contributed by atoms with Crippen molar-refractivity contribution in [2.24, 2.45) is 0 Å². The fourth-order valence-corrected chi connectivity index (χ4v) is 6.96. The van der Waals surface area contributed by atoms with Gasteiger partial charge in [0.15, 0.2) is 0 Å². The molecule has 0 fully saturated rings. The zero-order chi connectivity index (χ0) is 6.27. The van der Waals surface area contributed by atoms with Crippen LogP contribution in [0.2, 0.25) is 0 Å². The summed E-state index contributed by atoms with van der Waals surface area (Å²) in [5, 5.41) is 7.29. The Kier molecular flexibility index (Phi) is 1.31. The maximum Gasteiger partial charge on any atom is 0.0559 e. The number of rotatable bonds is 0. The van der Waals surface area contributed by atoms with E-state index in [-0.39, 0.29) is 0 Å². The lowest BCUT2D eigenvalue weighted by atomic mass is 10.4. The van der Waals surface area contributed by atoms with Crippen molar-refractivity contribution in [1.29, 1.82) is 5.41 Å². The van der Waals surface area contributed by atoms with E-state index >= 15 is 0 Å². The molecule has 1 unspecified atom stereocenters. The summed E-state index contributed by atoms with van der Waals surface area (Å²) >= 11 is 0. The molecule has 1 N–H and O–H groups in total. The van der Waals surface area contributed by atoms with Gasteiger partial charge in [-0.1, -0.05) is 7.87 Å². The van der Waals surface area contributed by atoms with E-state index in [0.29, 0.717) is 5.71 Å². The van der Waals surface area contributed by atoms with Crippen LogP contribution in [0.5, 0.6) is 0 Å². The second-order valence-corrected chi connectivity index (χ2v) is 7.17. The van der Waals surface area contributed by atoms with E-state index in [1.807, 2.05) is 12.2 Å². The molecule has 1 aliphatic carbocycles. The third-order valence-corrected chi connectivity index (χ3v) is 6.62. The monoisotopic (exact) mass is 171 g/mol. The highest BCUT2D eigenvalue weighted by Gasteiger charge is 1.96. The number of hydrogen-bond acceptors (Lipinski definition) is 1. The third-order valence-electron chi connectivity index (χ3n) is 1.20. The first kappa shape index (κ1) is 5.81. The number of fused-ring (bicyclic) bond motifs is 1. The molecule has 4 heteroatoms. The first-order valence-corrected chi connectivity index (χ1v) is 6.89. The van der Waals surface area contributed by atoms with Gasteiger partial charge < -0.3 is 5.41 Å². The molecular formula is C5H4NP3. The maximum absolute atomic E-state index is 7.29. The molecular weight excluding hydrogens is 167 g/mol. The highest BCUT2D eigenvalue weighted by atomic mass is 32.1. The van der Waals surface area contributed by atoms with Crippen LogP contribution in [0.3, 0.4) is 0 Å². The van der Waals surface area contributed by atoms with Crippen molar-refractivity contribution in [1.82, 2.24) is 0 Å². The molecule has 2 rings (SSSR count). The van der Waals surface area contributed by atoms with E-state index in [0.717, 1.165) is 7.87 Å². The predicted octanol–water partition coefficient (Wildman–Crippen LogP) is 1.47. The Morgan fingerprint density at radius 3 is 3.11 bits per heavy atom. The molecule has 1 aromatic rings. The molecule has 1 aliphatic rings. The second kappa shape index (κ2) is 2.03. The van der Waals surface area contributed by atoms with E-state index in [1.165, 1.54) is 25.3 Å². The number of hydrogen-bond donors (Lipinski definition) is 1. The average molecular weight is 171 g/mol. The molecule has 0 bridgehead atoms. The van der Waals surface area contributed by atoms with Crippen LogP contribution in [0.4, 0.5) is 0 Å². The topological polar surface area (TPSA) is 23.9 Å². The quantitative estimate of drug-likeness (QED) is 0.611. The van der Waals surface area contributed by atoms with Gasteiger partial charge in [-0.3, -0.25) is 0 Å². The van der Waals surface area contributed by atoms with Crippen molar-refractivity contribution in [3.05, 3.63) is 9.90 Å². The Labute approximate surface area is 57.1 Å². The van der Waals surface area contributed by atoms with Crippen molar-refractivity contribution in [3.8, 4) is 0 Å². The van der Waals surface area contributed by atoms with Gasteiger partial charge in [0.25, 0.3) is 0 Å². The summed E-state index contributed by atoms with van der Waals surface area (Å²) in [4.78, 5) is 2.81. The van der Waals surface area contributed by atoms with Gasteiger partial charge in [-0.2, -0.15) is 0 Å². The Hall–Kier alpha value is 0.0500. The zero-order valence-corrected chi connectivity index (χ0v) is 7.34. The summed E-state index contributed by atoms with van der Waals surface area (Å²) in [7, 11) is 3.86. The minimum absolute atomic E-state index is 0.690. The molecule has 0 spiro atoms. The lowest BCUT2D eigenvalue weighted by Gasteiger charge is -1.71. The second-order valence-electron chi connectivity index (χ2n) is 1.85. The molecule has 0 saturated heterocycles. The molecule has 1 aromatic heterocycles. The van der Waals surface area contributed by atoms with E-state index in [9.17, 15) is 0 Å². The molecule has 1 atom stereocenters. The molecule has 0 aliphatic heterocycles. The summed E-state index contributed by atoms with van der Waals surface area (Å²) < 4.78 is 0. The van der Waals surface area contributed by atoms with Gasteiger partial charge in [0.2, 0.25) is 0 Å². The van der Waals surface area contributed by atoms with Gasteiger partial charge >= 0.3 is 0 Å².